The zero-order valence-corrected chi connectivity index (χ0v) is 15.9. The van der Waals surface area contributed by atoms with Crippen molar-refractivity contribution in [2.45, 2.75) is 38.3 Å². The number of pyridine rings is 1. The van der Waals surface area contributed by atoms with Crippen LogP contribution < -0.4 is 5.32 Å². The normalized spacial score (nSPS) is 23.0. The van der Waals surface area contributed by atoms with Crippen LogP contribution in [-0.2, 0) is 16.1 Å². The van der Waals surface area contributed by atoms with E-state index >= 15 is 0 Å². The molecule has 0 aromatic carbocycles. The van der Waals surface area contributed by atoms with Crippen molar-refractivity contribution in [2.24, 2.45) is 5.92 Å². The molecule has 0 unspecified atom stereocenters. The van der Waals surface area contributed by atoms with Gasteiger partial charge in [0.05, 0.1) is 24.8 Å². The molecule has 0 bridgehead atoms. The van der Waals surface area contributed by atoms with Crippen LogP contribution in [0.2, 0.25) is 0 Å². The maximum absolute atomic E-state index is 12.6. The van der Waals surface area contributed by atoms with Crippen molar-refractivity contribution in [2.75, 3.05) is 46.4 Å². The molecule has 144 valence electrons. The second kappa shape index (κ2) is 10.00. The van der Waals surface area contributed by atoms with E-state index in [2.05, 4.69) is 20.1 Å². The summed E-state index contributed by atoms with van der Waals surface area (Å²) >= 11 is 0. The molecule has 1 amide bonds. The van der Waals surface area contributed by atoms with Crippen LogP contribution in [0.4, 0.5) is 0 Å². The van der Waals surface area contributed by atoms with Crippen LogP contribution in [0.3, 0.4) is 0 Å². The van der Waals surface area contributed by atoms with E-state index in [1.807, 2.05) is 18.2 Å². The fourth-order valence-electron chi connectivity index (χ4n) is 4.11. The summed E-state index contributed by atoms with van der Waals surface area (Å²) in [5, 5.41) is 3.07. The van der Waals surface area contributed by atoms with E-state index in [0.29, 0.717) is 12.6 Å². The molecule has 0 aliphatic carbocycles. The zero-order valence-electron chi connectivity index (χ0n) is 15.9. The number of rotatable bonds is 7. The quantitative estimate of drug-likeness (QED) is 0.799. The van der Waals surface area contributed by atoms with Crippen molar-refractivity contribution in [1.29, 1.82) is 0 Å². The molecule has 3 rings (SSSR count). The van der Waals surface area contributed by atoms with E-state index in [0.717, 1.165) is 57.9 Å². The van der Waals surface area contributed by atoms with E-state index < -0.39 is 0 Å². The van der Waals surface area contributed by atoms with Gasteiger partial charge in [-0.15, -0.1) is 0 Å². The molecular formula is C20H32N4O2. The lowest BCUT2D eigenvalue weighted by molar-refractivity contribution is -0.127. The Labute approximate surface area is 156 Å². The molecule has 26 heavy (non-hydrogen) atoms. The van der Waals surface area contributed by atoms with Gasteiger partial charge < -0.3 is 15.0 Å². The molecule has 6 nitrogen and oxygen atoms in total. The topological polar surface area (TPSA) is 57.7 Å². The Balaban J connectivity index is 1.43. The number of carbonyl (C=O) groups is 1. The fraction of sp³-hybridized carbons (Fsp3) is 0.700. The third-order valence-electron chi connectivity index (χ3n) is 5.68. The Morgan fingerprint density at radius 1 is 1.27 bits per heavy atom. The zero-order chi connectivity index (χ0) is 18.2. The van der Waals surface area contributed by atoms with Crippen molar-refractivity contribution < 1.29 is 9.53 Å². The van der Waals surface area contributed by atoms with E-state index in [9.17, 15) is 4.79 Å². The maximum Gasteiger partial charge on any atom is 0.224 e. The van der Waals surface area contributed by atoms with Crippen LogP contribution in [0.5, 0.6) is 0 Å². The summed E-state index contributed by atoms with van der Waals surface area (Å²) in [5.74, 6) is 0.289. The number of piperidine rings is 2. The average molecular weight is 361 g/mol. The highest BCUT2D eigenvalue weighted by molar-refractivity contribution is 5.78. The molecule has 6 heteroatoms. The summed E-state index contributed by atoms with van der Waals surface area (Å²) in [6.45, 7) is 6.68. The fourth-order valence-corrected chi connectivity index (χ4v) is 4.11. The van der Waals surface area contributed by atoms with E-state index in [-0.39, 0.29) is 11.8 Å². The molecule has 1 atom stereocenters. The van der Waals surface area contributed by atoms with Gasteiger partial charge in [0.1, 0.15) is 0 Å². The first-order chi connectivity index (χ1) is 12.8. The molecule has 1 aromatic heterocycles. The third kappa shape index (κ3) is 5.50. The lowest BCUT2D eigenvalue weighted by Gasteiger charge is -2.42. The lowest BCUT2D eigenvalue weighted by atomic mass is 9.93. The van der Waals surface area contributed by atoms with Gasteiger partial charge in [0, 0.05) is 32.4 Å². The number of amides is 1. The monoisotopic (exact) mass is 360 g/mol. The first kappa shape index (κ1) is 19.3. The summed E-state index contributed by atoms with van der Waals surface area (Å²) in [6, 6.07) is 6.42. The number of nitrogens with one attached hydrogen (secondary N) is 1. The molecule has 2 fully saturated rings. The SMILES string of the molecule is COCCN1CCC(N2CCC[C@H](C(=O)NCc3ccccn3)C2)CC1. The van der Waals surface area contributed by atoms with Crippen LogP contribution >= 0.6 is 0 Å². The largest absolute Gasteiger partial charge is 0.383 e. The molecule has 2 saturated heterocycles. The highest BCUT2D eigenvalue weighted by atomic mass is 16.5. The van der Waals surface area contributed by atoms with Gasteiger partial charge in [0.15, 0.2) is 0 Å². The second-order valence-electron chi connectivity index (χ2n) is 7.44. The standard InChI is InChI=1S/C20H32N4O2/c1-26-14-13-23-11-7-19(8-12-23)24-10-4-5-17(16-24)20(25)22-15-18-6-2-3-9-21-18/h2-3,6,9,17,19H,4-5,7-8,10-16H2,1H3,(H,22,25)/t17-/m0/s1. The Morgan fingerprint density at radius 3 is 2.85 bits per heavy atom. The number of hydrogen-bond donors (Lipinski definition) is 1. The first-order valence-corrected chi connectivity index (χ1v) is 9.89. The van der Waals surface area contributed by atoms with Crippen molar-refractivity contribution in [3.8, 4) is 0 Å². The minimum Gasteiger partial charge on any atom is -0.383 e. The Morgan fingerprint density at radius 2 is 2.12 bits per heavy atom. The van der Waals surface area contributed by atoms with Crippen molar-refractivity contribution in [3.05, 3.63) is 30.1 Å². The molecule has 2 aliphatic heterocycles. The Bertz CT molecular complexity index is 546. The number of ether oxygens (including phenoxy) is 1. The van der Waals surface area contributed by atoms with Crippen molar-refractivity contribution in [3.63, 3.8) is 0 Å². The lowest BCUT2D eigenvalue weighted by Crippen LogP contribution is -2.51. The maximum atomic E-state index is 12.6. The predicted molar refractivity (Wildman–Crippen MR) is 102 cm³/mol. The Kier molecular flexibility index (Phi) is 7.41. The molecule has 1 aromatic rings. The van der Waals surface area contributed by atoms with Crippen LogP contribution in [0.15, 0.2) is 24.4 Å². The van der Waals surface area contributed by atoms with E-state index in [4.69, 9.17) is 4.74 Å². The number of carbonyl (C=O) groups excluding carboxylic acids is 1. The first-order valence-electron chi connectivity index (χ1n) is 9.89. The van der Waals surface area contributed by atoms with Gasteiger partial charge in [-0.05, 0) is 57.5 Å². The highest BCUT2D eigenvalue weighted by Gasteiger charge is 2.31. The van der Waals surface area contributed by atoms with Crippen LogP contribution in [0.1, 0.15) is 31.4 Å². The molecule has 1 N–H and O–H groups in total. The summed E-state index contributed by atoms with van der Waals surface area (Å²) in [7, 11) is 1.76. The number of nitrogens with zero attached hydrogens (tertiary/aromatic N) is 3. The highest BCUT2D eigenvalue weighted by Crippen LogP contribution is 2.24. The van der Waals surface area contributed by atoms with E-state index in [1.165, 1.54) is 12.8 Å². The average Bonchev–Trinajstić information content (AvgIpc) is 2.71. The Hall–Kier alpha value is -1.50. The number of likely N-dealkylation sites (tertiary alicyclic amines) is 2. The summed E-state index contributed by atoms with van der Waals surface area (Å²) in [4.78, 5) is 21.9. The molecule has 2 aliphatic rings. The van der Waals surface area contributed by atoms with Crippen LogP contribution in [-0.4, -0.2) is 73.2 Å². The molecule has 3 heterocycles. The van der Waals surface area contributed by atoms with Gasteiger partial charge in [-0.1, -0.05) is 6.07 Å². The summed E-state index contributed by atoms with van der Waals surface area (Å²) < 4.78 is 5.18. The van der Waals surface area contributed by atoms with Crippen LogP contribution in [0.25, 0.3) is 0 Å². The number of aromatic nitrogens is 1. The predicted octanol–water partition coefficient (Wildman–Crippen LogP) is 1.52. The molecule has 0 radical (unpaired) electrons. The van der Waals surface area contributed by atoms with E-state index in [1.54, 1.807) is 13.3 Å². The van der Waals surface area contributed by atoms with Crippen molar-refractivity contribution >= 4 is 5.91 Å². The summed E-state index contributed by atoms with van der Waals surface area (Å²) in [6.07, 6.45) is 6.28. The van der Waals surface area contributed by atoms with Crippen LogP contribution in [0, 0.1) is 5.92 Å². The molecule has 0 saturated carbocycles. The molecule has 0 spiro atoms. The smallest absolute Gasteiger partial charge is 0.224 e. The summed E-state index contributed by atoms with van der Waals surface area (Å²) in [5.41, 5.74) is 0.914. The number of methoxy groups -OCH3 is 1. The van der Waals surface area contributed by atoms with Gasteiger partial charge in [0.2, 0.25) is 5.91 Å². The minimum atomic E-state index is 0.110. The van der Waals surface area contributed by atoms with Gasteiger partial charge in [-0.3, -0.25) is 14.7 Å². The van der Waals surface area contributed by atoms with Gasteiger partial charge in [-0.25, -0.2) is 0 Å². The molecular weight excluding hydrogens is 328 g/mol. The minimum absolute atomic E-state index is 0.110. The van der Waals surface area contributed by atoms with Crippen molar-refractivity contribution in [1.82, 2.24) is 20.1 Å². The van der Waals surface area contributed by atoms with Gasteiger partial charge in [-0.2, -0.15) is 0 Å². The third-order valence-corrected chi connectivity index (χ3v) is 5.68. The van der Waals surface area contributed by atoms with Gasteiger partial charge >= 0.3 is 0 Å². The number of hydrogen-bond acceptors (Lipinski definition) is 5. The second-order valence-corrected chi connectivity index (χ2v) is 7.44. The van der Waals surface area contributed by atoms with Gasteiger partial charge in [0.25, 0.3) is 0 Å².